The van der Waals surface area contributed by atoms with Crippen molar-refractivity contribution in [2.45, 2.75) is 20.3 Å². The van der Waals surface area contributed by atoms with Crippen LogP contribution in [-0.4, -0.2) is 12.5 Å². The van der Waals surface area contributed by atoms with E-state index in [-0.39, 0.29) is 5.91 Å². The van der Waals surface area contributed by atoms with Gasteiger partial charge in [0.25, 0.3) is 0 Å². The molecule has 3 nitrogen and oxygen atoms in total. The fourth-order valence-electron chi connectivity index (χ4n) is 1.31. The molecular formula is C14H20N2O. The number of rotatable bonds is 5. The van der Waals surface area contributed by atoms with Gasteiger partial charge in [-0.3, -0.25) is 4.79 Å². The number of hydrogen-bond acceptors (Lipinski definition) is 2. The summed E-state index contributed by atoms with van der Waals surface area (Å²) in [4.78, 5) is 11.5. The minimum absolute atomic E-state index is 0.0754. The number of carbonyl (C=O) groups is 1. The van der Waals surface area contributed by atoms with E-state index in [1.165, 1.54) is 6.08 Å². The summed E-state index contributed by atoms with van der Waals surface area (Å²) in [5.74, 6) is 0.433. The molecule has 1 rings (SSSR count). The van der Waals surface area contributed by atoms with Gasteiger partial charge in [0.2, 0.25) is 5.91 Å². The quantitative estimate of drug-likeness (QED) is 0.605. The molecule has 0 radical (unpaired) electrons. The van der Waals surface area contributed by atoms with Crippen LogP contribution in [0.15, 0.2) is 30.3 Å². The minimum Gasteiger partial charge on any atom is -0.398 e. The standard InChI is InChI=1S/C14H20N2O/c1-3-11(2)10-16-14(17)9-8-12-6-4-5-7-13(12)15/h4-9,11H,3,10,15H2,1-2H3,(H,16,17)/b9-8+. The van der Waals surface area contributed by atoms with Crippen LogP contribution in [0.2, 0.25) is 0 Å². The van der Waals surface area contributed by atoms with Gasteiger partial charge in [-0.1, -0.05) is 38.5 Å². The van der Waals surface area contributed by atoms with Crippen LogP contribution in [-0.2, 0) is 4.79 Å². The van der Waals surface area contributed by atoms with E-state index in [2.05, 4.69) is 19.2 Å². The molecule has 17 heavy (non-hydrogen) atoms. The van der Waals surface area contributed by atoms with Crippen molar-refractivity contribution in [1.29, 1.82) is 0 Å². The van der Waals surface area contributed by atoms with Crippen molar-refractivity contribution in [3.63, 3.8) is 0 Å². The lowest BCUT2D eigenvalue weighted by molar-refractivity contribution is -0.116. The van der Waals surface area contributed by atoms with Crippen molar-refractivity contribution in [2.24, 2.45) is 5.92 Å². The smallest absolute Gasteiger partial charge is 0.244 e. The van der Waals surface area contributed by atoms with Gasteiger partial charge >= 0.3 is 0 Å². The van der Waals surface area contributed by atoms with E-state index in [9.17, 15) is 4.79 Å². The predicted molar refractivity (Wildman–Crippen MR) is 72.4 cm³/mol. The Balaban J connectivity index is 2.49. The summed E-state index contributed by atoms with van der Waals surface area (Å²) in [6, 6.07) is 7.47. The summed E-state index contributed by atoms with van der Waals surface area (Å²) in [5, 5.41) is 2.86. The predicted octanol–water partition coefficient (Wildman–Crippen LogP) is 2.44. The van der Waals surface area contributed by atoms with Gasteiger partial charge in [0.1, 0.15) is 0 Å². The molecule has 0 heterocycles. The monoisotopic (exact) mass is 232 g/mol. The van der Waals surface area contributed by atoms with Crippen LogP contribution in [0.3, 0.4) is 0 Å². The van der Waals surface area contributed by atoms with Crippen LogP contribution >= 0.6 is 0 Å². The molecule has 0 bridgehead atoms. The first-order valence-electron chi connectivity index (χ1n) is 5.94. The molecule has 3 heteroatoms. The van der Waals surface area contributed by atoms with E-state index in [1.807, 2.05) is 24.3 Å². The molecule has 0 saturated heterocycles. The molecule has 0 aliphatic heterocycles. The van der Waals surface area contributed by atoms with Crippen molar-refractivity contribution in [1.82, 2.24) is 5.32 Å². The van der Waals surface area contributed by atoms with E-state index >= 15 is 0 Å². The topological polar surface area (TPSA) is 55.1 Å². The van der Waals surface area contributed by atoms with Crippen LogP contribution in [0.4, 0.5) is 5.69 Å². The Labute approximate surface area is 103 Å². The van der Waals surface area contributed by atoms with Gasteiger partial charge in [0.05, 0.1) is 0 Å². The fraction of sp³-hybridized carbons (Fsp3) is 0.357. The number of nitrogen functional groups attached to an aromatic ring is 1. The highest BCUT2D eigenvalue weighted by molar-refractivity contribution is 5.92. The zero-order valence-corrected chi connectivity index (χ0v) is 10.4. The molecule has 1 unspecified atom stereocenters. The fourth-order valence-corrected chi connectivity index (χ4v) is 1.31. The summed E-state index contributed by atoms with van der Waals surface area (Å²) in [6.45, 7) is 4.93. The van der Waals surface area contributed by atoms with Gasteiger partial charge in [-0.25, -0.2) is 0 Å². The second kappa shape index (κ2) is 6.74. The first-order chi connectivity index (χ1) is 8.13. The Hall–Kier alpha value is -1.77. The summed E-state index contributed by atoms with van der Waals surface area (Å²) in [6.07, 6.45) is 4.32. The van der Waals surface area contributed by atoms with Crippen LogP contribution in [0.5, 0.6) is 0 Å². The first kappa shape index (κ1) is 13.3. The molecule has 1 atom stereocenters. The molecule has 0 spiro atoms. The number of benzene rings is 1. The lowest BCUT2D eigenvalue weighted by atomic mass is 10.1. The van der Waals surface area contributed by atoms with Gasteiger partial charge in [-0.05, 0) is 23.6 Å². The van der Waals surface area contributed by atoms with Crippen LogP contribution in [0.25, 0.3) is 6.08 Å². The minimum atomic E-state index is -0.0754. The lowest BCUT2D eigenvalue weighted by Crippen LogP contribution is -2.26. The highest BCUT2D eigenvalue weighted by atomic mass is 16.1. The third kappa shape index (κ3) is 4.72. The van der Waals surface area contributed by atoms with Crippen LogP contribution in [0, 0.1) is 5.92 Å². The Morgan fingerprint density at radius 1 is 1.47 bits per heavy atom. The number of carbonyl (C=O) groups excluding carboxylic acids is 1. The van der Waals surface area contributed by atoms with Crippen LogP contribution < -0.4 is 11.1 Å². The largest absolute Gasteiger partial charge is 0.398 e. The van der Waals surface area contributed by atoms with Crippen molar-refractivity contribution < 1.29 is 4.79 Å². The Bertz CT molecular complexity index is 399. The zero-order valence-electron chi connectivity index (χ0n) is 10.4. The highest BCUT2D eigenvalue weighted by Crippen LogP contribution is 2.11. The summed E-state index contributed by atoms with van der Waals surface area (Å²) in [5.41, 5.74) is 7.31. The Morgan fingerprint density at radius 2 is 2.18 bits per heavy atom. The van der Waals surface area contributed by atoms with Crippen molar-refractivity contribution in [3.05, 3.63) is 35.9 Å². The average molecular weight is 232 g/mol. The van der Waals surface area contributed by atoms with Gasteiger partial charge in [0.15, 0.2) is 0 Å². The SMILES string of the molecule is CCC(C)CNC(=O)/C=C/c1ccccc1N. The molecule has 0 aliphatic carbocycles. The third-order valence-corrected chi connectivity index (χ3v) is 2.73. The molecule has 3 N–H and O–H groups in total. The number of nitrogens with two attached hydrogens (primary N) is 1. The van der Waals surface area contributed by atoms with E-state index in [0.29, 0.717) is 18.2 Å². The van der Waals surface area contributed by atoms with Crippen molar-refractivity contribution in [3.8, 4) is 0 Å². The maximum Gasteiger partial charge on any atom is 0.244 e. The molecule has 1 amide bonds. The Morgan fingerprint density at radius 3 is 2.82 bits per heavy atom. The van der Waals surface area contributed by atoms with E-state index < -0.39 is 0 Å². The highest BCUT2D eigenvalue weighted by Gasteiger charge is 2.00. The third-order valence-electron chi connectivity index (χ3n) is 2.73. The second-order valence-electron chi connectivity index (χ2n) is 4.22. The first-order valence-corrected chi connectivity index (χ1v) is 5.94. The molecule has 92 valence electrons. The number of anilines is 1. The molecule has 0 fully saturated rings. The molecule has 0 saturated carbocycles. The van der Waals surface area contributed by atoms with Crippen LogP contribution in [0.1, 0.15) is 25.8 Å². The zero-order chi connectivity index (χ0) is 12.7. The van der Waals surface area contributed by atoms with E-state index in [1.54, 1.807) is 6.08 Å². The van der Waals surface area contributed by atoms with E-state index in [4.69, 9.17) is 5.73 Å². The van der Waals surface area contributed by atoms with Crippen molar-refractivity contribution in [2.75, 3.05) is 12.3 Å². The molecular weight excluding hydrogens is 212 g/mol. The molecule has 0 aliphatic rings. The maximum absolute atomic E-state index is 11.5. The van der Waals surface area contributed by atoms with Gasteiger partial charge in [-0.15, -0.1) is 0 Å². The molecule has 0 aromatic heterocycles. The maximum atomic E-state index is 11.5. The molecule has 1 aromatic carbocycles. The number of amides is 1. The second-order valence-corrected chi connectivity index (χ2v) is 4.22. The molecule has 1 aromatic rings. The van der Waals surface area contributed by atoms with Gasteiger partial charge in [0, 0.05) is 18.3 Å². The number of para-hydroxylation sites is 1. The summed E-state index contributed by atoms with van der Waals surface area (Å²) in [7, 11) is 0. The normalized spacial score (nSPS) is 12.6. The summed E-state index contributed by atoms with van der Waals surface area (Å²) < 4.78 is 0. The lowest BCUT2D eigenvalue weighted by Gasteiger charge is -2.08. The number of nitrogens with one attached hydrogen (secondary N) is 1. The van der Waals surface area contributed by atoms with E-state index in [0.717, 1.165) is 12.0 Å². The van der Waals surface area contributed by atoms with Gasteiger partial charge in [-0.2, -0.15) is 0 Å². The van der Waals surface area contributed by atoms with Crippen molar-refractivity contribution >= 4 is 17.7 Å². The van der Waals surface area contributed by atoms with Gasteiger partial charge < -0.3 is 11.1 Å². The summed E-state index contributed by atoms with van der Waals surface area (Å²) >= 11 is 0. The average Bonchev–Trinajstić information content (AvgIpc) is 2.35. The number of hydrogen-bond donors (Lipinski definition) is 2. The Kier molecular flexibility index (Phi) is 5.27.